The molecular weight excluding hydrogens is 829 g/mol. The van der Waals surface area contributed by atoms with E-state index in [1.807, 2.05) is 0 Å². The molecule has 0 N–H and O–H groups in total. The first-order valence-electron chi connectivity index (χ1n) is 31.7. The van der Waals surface area contributed by atoms with Crippen molar-refractivity contribution in [1.82, 2.24) is 0 Å². The zero-order valence-electron chi connectivity index (χ0n) is 57.0. The van der Waals surface area contributed by atoms with E-state index >= 15 is 0 Å². The molecule has 0 aliphatic carbocycles. The first kappa shape index (κ1) is 91.7. The van der Waals surface area contributed by atoms with E-state index in [-0.39, 0.29) is 0 Å². The summed E-state index contributed by atoms with van der Waals surface area (Å²) in [5.74, 6) is 9.17. The van der Waals surface area contributed by atoms with Crippen molar-refractivity contribution < 1.29 is 0 Å². The monoisotopic (exact) mass is 987 g/mol. The lowest BCUT2D eigenvalue weighted by molar-refractivity contribution is 0.362. The highest BCUT2D eigenvalue weighted by molar-refractivity contribution is 4.59. The van der Waals surface area contributed by atoms with E-state index in [0.717, 1.165) is 59.2 Å². The van der Waals surface area contributed by atoms with E-state index in [9.17, 15) is 0 Å². The van der Waals surface area contributed by atoms with Crippen molar-refractivity contribution in [3.05, 3.63) is 0 Å². The lowest BCUT2D eigenvalue weighted by Gasteiger charge is -2.15. The van der Waals surface area contributed by atoms with Crippen molar-refractivity contribution in [3.63, 3.8) is 0 Å². The van der Waals surface area contributed by atoms with Gasteiger partial charge in [-0.15, -0.1) is 0 Å². The third-order valence-corrected chi connectivity index (χ3v) is 11.6. The van der Waals surface area contributed by atoms with Crippen LogP contribution in [0.5, 0.6) is 0 Å². The Hall–Kier alpha value is 0. The van der Waals surface area contributed by atoms with Crippen LogP contribution in [0.2, 0.25) is 0 Å². The molecule has 0 fully saturated rings. The van der Waals surface area contributed by atoms with Crippen molar-refractivity contribution in [2.24, 2.45) is 70.0 Å². The molecule has 0 saturated heterocycles. The summed E-state index contributed by atoms with van der Waals surface area (Å²) in [6, 6.07) is 0. The van der Waals surface area contributed by atoms with Crippen LogP contribution in [-0.4, -0.2) is 0 Å². The normalized spacial score (nSPS) is 10.8. The molecule has 0 heterocycles. The van der Waals surface area contributed by atoms with Gasteiger partial charge in [-0.1, -0.05) is 370 Å². The highest BCUT2D eigenvalue weighted by Crippen LogP contribution is 2.20. The summed E-state index contributed by atoms with van der Waals surface area (Å²) in [6.07, 6.45) is 31.6. The Morgan fingerprint density at radius 3 is 0.739 bits per heavy atom. The zero-order chi connectivity index (χ0) is 57.0. The molecule has 0 amide bonds. The zero-order valence-corrected chi connectivity index (χ0v) is 57.0. The fourth-order valence-corrected chi connectivity index (χ4v) is 7.49. The molecule has 69 heavy (non-hydrogen) atoms. The smallest absolute Gasteiger partial charge is 0.0383 e. The van der Waals surface area contributed by atoms with Crippen molar-refractivity contribution in [3.8, 4) is 0 Å². The van der Waals surface area contributed by atoms with Crippen molar-refractivity contribution in [2.45, 2.75) is 383 Å². The highest BCUT2D eigenvalue weighted by Gasteiger charge is 2.07. The SMILES string of the molecule is CC(C)(C)C.CC(C)C.CC(C)CC(C)C.CCC(CC)C(C)C.CCC(CC)CC.CCCC(C)(C)C.CCCC(C)C.CCCC(C)CCC.CCCCC(CC)CC.CCCCCC(C)C. The number of hydrogen-bond donors (Lipinski definition) is 0. The lowest BCUT2D eigenvalue weighted by atomic mass is 9.91. The lowest BCUT2D eigenvalue weighted by Crippen LogP contribution is -2.04. The Labute approximate surface area is 451 Å². The second-order valence-corrected chi connectivity index (χ2v) is 26.6. The van der Waals surface area contributed by atoms with E-state index in [2.05, 4.69) is 235 Å². The molecule has 0 aliphatic rings. The Kier molecular flexibility index (Phi) is 96.0. The van der Waals surface area contributed by atoms with Crippen LogP contribution in [0.4, 0.5) is 0 Å². The first-order valence-corrected chi connectivity index (χ1v) is 31.7. The summed E-state index contributed by atoms with van der Waals surface area (Å²) in [5, 5.41) is 0. The molecule has 0 spiro atoms. The van der Waals surface area contributed by atoms with Gasteiger partial charge in [0.2, 0.25) is 0 Å². The second kappa shape index (κ2) is 72.2. The molecule has 0 aromatic heterocycles. The summed E-state index contributed by atoms with van der Waals surface area (Å²) < 4.78 is 0. The summed E-state index contributed by atoms with van der Waals surface area (Å²) in [4.78, 5) is 0. The molecule has 0 nitrogen and oxygen atoms in total. The third kappa shape index (κ3) is 153. The van der Waals surface area contributed by atoms with E-state index in [1.165, 1.54) is 148 Å². The van der Waals surface area contributed by atoms with Gasteiger partial charge in [0.25, 0.3) is 0 Å². The number of unbranched alkanes of at least 4 members (excludes halogenated alkanes) is 3. The molecule has 0 rings (SSSR count). The predicted molar refractivity (Wildman–Crippen MR) is 339 cm³/mol. The van der Waals surface area contributed by atoms with Gasteiger partial charge in [-0.05, 0) is 82.9 Å². The third-order valence-electron chi connectivity index (χ3n) is 11.6. The molecular formula is C69H158. The molecule has 0 heteroatoms. The minimum atomic E-state index is 0.500. The van der Waals surface area contributed by atoms with Gasteiger partial charge < -0.3 is 0 Å². The second-order valence-electron chi connectivity index (χ2n) is 26.6. The van der Waals surface area contributed by atoms with Gasteiger partial charge in [0, 0.05) is 0 Å². The predicted octanol–water partition coefficient (Wildman–Crippen LogP) is 27.6. The van der Waals surface area contributed by atoms with Gasteiger partial charge in [0.05, 0.1) is 0 Å². The Balaban J connectivity index is -0.0000000705. The van der Waals surface area contributed by atoms with E-state index in [0.29, 0.717) is 10.8 Å². The average Bonchev–Trinajstić information content (AvgIpc) is 3.19. The highest BCUT2D eigenvalue weighted by atomic mass is 14.1. The van der Waals surface area contributed by atoms with E-state index in [1.54, 1.807) is 0 Å². The summed E-state index contributed by atoms with van der Waals surface area (Å²) in [7, 11) is 0. The number of rotatable bonds is 24. The average molecular weight is 988 g/mol. The standard InChI is InChI=1S/C9H20.3C8H18.3C7H16.C6H14.C5H12.C4H10/c1-4-7-8-9(5-2)6-3;1-5-8(6-2)7(3)4;1-4-5-6-7-8(2)3;1-4-6-8(3)7-5-2;1-6(2)5-7(3)4;1-5-6-7(2,3)4;1-4-7(5-2)6-3;1-4-5-6(2)3;1-5(2,3)4;1-4(2)3/h9H,4-8H2,1-3H3;7-8H,5-6H2,1-4H3;2*8H,4-7H2,1-3H3;6-7H,5H2,1-4H3;5-6H2,1-4H3;7H,4-6H2,1-3H3;6H,4-5H2,1-3H3;1-4H3;4H,1-3H3. The Morgan fingerprint density at radius 2 is 0.623 bits per heavy atom. The Bertz CT molecular complexity index is 714. The van der Waals surface area contributed by atoms with E-state index in [4.69, 9.17) is 0 Å². The molecule has 0 atom stereocenters. The number of hydrogen-bond acceptors (Lipinski definition) is 0. The van der Waals surface area contributed by atoms with Crippen LogP contribution in [0.3, 0.4) is 0 Å². The largest absolute Gasteiger partial charge is 0.0654 e. The molecule has 0 aromatic carbocycles. The fraction of sp³-hybridized carbons (Fsp3) is 1.00. The van der Waals surface area contributed by atoms with Gasteiger partial charge in [-0.2, -0.15) is 0 Å². The van der Waals surface area contributed by atoms with Crippen LogP contribution in [0, 0.1) is 70.0 Å². The van der Waals surface area contributed by atoms with Gasteiger partial charge in [-0.3, -0.25) is 0 Å². The fourth-order valence-electron chi connectivity index (χ4n) is 7.49. The maximum atomic E-state index is 2.34. The minimum absolute atomic E-state index is 0.500. The van der Waals surface area contributed by atoms with Crippen LogP contribution < -0.4 is 0 Å². The molecule has 0 aliphatic heterocycles. The van der Waals surface area contributed by atoms with Gasteiger partial charge in [-0.25, -0.2) is 0 Å². The summed E-state index contributed by atoms with van der Waals surface area (Å²) in [5.41, 5.74) is 1.05. The van der Waals surface area contributed by atoms with Crippen LogP contribution in [0.1, 0.15) is 383 Å². The molecule has 0 radical (unpaired) electrons. The topological polar surface area (TPSA) is 0 Å². The van der Waals surface area contributed by atoms with Crippen molar-refractivity contribution in [1.29, 1.82) is 0 Å². The molecule has 0 aromatic rings. The van der Waals surface area contributed by atoms with Gasteiger partial charge >= 0.3 is 0 Å². The quantitative estimate of drug-likeness (QED) is 0.0846. The van der Waals surface area contributed by atoms with Gasteiger partial charge in [0.15, 0.2) is 0 Å². The molecule has 0 bridgehead atoms. The first-order chi connectivity index (χ1) is 31.7. The minimum Gasteiger partial charge on any atom is -0.0654 e. The van der Waals surface area contributed by atoms with Crippen LogP contribution in [0.15, 0.2) is 0 Å². The van der Waals surface area contributed by atoms with Crippen LogP contribution in [0.25, 0.3) is 0 Å². The van der Waals surface area contributed by atoms with E-state index < -0.39 is 0 Å². The Morgan fingerprint density at radius 1 is 0.304 bits per heavy atom. The van der Waals surface area contributed by atoms with Crippen molar-refractivity contribution >= 4 is 0 Å². The summed E-state index contributed by atoms with van der Waals surface area (Å²) in [6.45, 7) is 76.6. The maximum absolute atomic E-state index is 2.34. The van der Waals surface area contributed by atoms with Crippen LogP contribution in [-0.2, 0) is 0 Å². The van der Waals surface area contributed by atoms with Gasteiger partial charge in [0.1, 0.15) is 0 Å². The summed E-state index contributed by atoms with van der Waals surface area (Å²) >= 11 is 0. The molecule has 0 unspecified atom stereocenters. The molecule has 0 saturated carbocycles. The molecule has 434 valence electrons. The van der Waals surface area contributed by atoms with Crippen LogP contribution >= 0.6 is 0 Å². The van der Waals surface area contributed by atoms with Crippen molar-refractivity contribution in [2.75, 3.05) is 0 Å². The maximum Gasteiger partial charge on any atom is -0.0383 e.